The highest BCUT2D eigenvalue weighted by Gasteiger charge is 2.25. The maximum Gasteiger partial charge on any atom is 0.0822 e. The quantitative estimate of drug-likeness (QED) is 0.850. The molecule has 0 aliphatic carbocycles. The molecule has 1 unspecified atom stereocenters. The first kappa shape index (κ1) is 12.0. The van der Waals surface area contributed by atoms with E-state index >= 15 is 0 Å². The van der Waals surface area contributed by atoms with Gasteiger partial charge in [-0.2, -0.15) is 5.10 Å². The van der Waals surface area contributed by atoms with Gasteiger partial charge in [0, 0.05) is 31.7 Å². The average Bonchev–Trinajstić information content (AvgIpc) is 2.98. The van der Waals surface area contributed by atoms with E-state index in [1.807, 2.05) is 23.1 Å². The largest absolute Gasteiger partial charge is 0.368 e. The summed E-state index contributed by atoms with van der Waals surface area (Å²) < 4.78 is 3.03. The summed E-state index contributed by atoms with van der Waals surface area (Å²) in [6.07, 6.45) is 8.38. The van der Waals surface area contributed by atoms with Crippen molar-refractivity contribution in [2.75, 3.05) is 18.0 Å². The summed E-state index contributed by atoms with van der Waals surface area (Å²) in [5.41, 5.74) is 1.06. The molecule has 2 aromatic rings. The van der Waals surface area contributed by atoms with Gasteiger partial charge < -0.3 is 4.90 Å². The van der Waals surface area contributed by atoms with E-state index < -0.39 is 0 Å². The standard InChI is InChI=1S/C12H12BrClN4/c13-9-5-16-18(7-9)10-2-4-17(8-10)12-1-3-15-6-11(12)14/h1,3,5-7,10H,2,4,8H2. The molecular weight excluding hydrogens is 316 g/mol. The zero-order chi connectivity index (χ0) is 12.5. The number of anilines is 1. The molecule has 0 aromatic carbocycles. The molecule has 0 radical (unpaired) electrons. The Labute approximate surface area is 119 Å². The fourth-order valence-electron chi connectivity index (χ4n) is 2.32. The second-order valence-electron chi connectivity index (χ2n) is 4.35. The Morgan fingerprint density at radius 1 is 1.39 bits per heavy atom. The summed E-state index contributed by atoms with van der Waals surface area (Å²) in [6, 6.07) is 2.37. The van der Waals surface area contributed by atoms with E-state index in [0.717, 1.165) is 29.7 Å². The van der Waals surface area contributed by atoms with Crippen LogP contribution < -0.4 is 4.90 Å². The van der Waals surface area contributed by atoms with E-state index in [-0.39, 0.29) is 0 Å². The minimum atomic E-state index is 0.403. The van der Waals surface area contributed by atoms with Crippen molar-refractivity contribution in [1.82, 2.24) is 14.8 Å². The van der Waals surface area contributed by atoms with Gasteiger partial charge >= 0.3 is 0 Å². The predicted molar refractivity (Wildman–Crippen MR) is 75.0 cm³/mol. The topological polar surface area (TPSA) is 34.0 Å². The second kappa shape index (κ2) is 4.90. The summed E-state index contributed by atoms with van der Waals surface area (Å²) >= 11 is 9.59. The highest BCUT2D eigenvalue weighted by atomic mass is 79.9. The van der Waals surface area contributed by atoms with E-state index in [2.05, 4.69) is 30.9 Å². The molecule has 0 spiro atoms. The van der Waals surface area contributed by atoms with Crippen LogP contribution in [0, 0.1) is 0 Å². The molecule has 1 aliphatic rings. The van der Waals surface area contributed by atoms with E-state index in [1.165, 1.54) is 0 Å². The Morgan fingerprint density at radius 2 is 2.28 bits per heavy atom. The smallest absolute Gasteiger partial charge is 0.0822 e. The SMILES string of the molecule is Clc1cnccc1N1CCC(n2cc(Br)cn2)C1. The van der Waals surface area contributed by atoms with E-state index in [9.17, 15) is 0 Å². The number of rotatable bonds is 2. The lowest BCUT2D eigenvalue weighted by Gasteiger charge is -2.19. The summed E-state index contributed by atoms with van der Waals surface area (Å²) in [6.45, 7) is 1.92. The number of halogens is 2. The van der Waals surface area contributed by atoms with E-state index in [0.29, 0.717) is 11.1 Å². The number of hydrogen-bond donors (Lipinski definition) is 0. The minimum Gasteiger partial charge on any atom is -0.368 e. The fourth-order valence-corrected chi connectivity index (χ4v) is 2.86. The third-order valence-electron chi connectivity index (χ3n) is 3.20. The first-order chi connectivity index (χ1) is 8.74. The summed E-state index contributed by atoms with van der Waals surface area (Å²) in [5, 5.41) is 5.05. The van der Waals surface area contributed by atoms with Crippen molar-refractivity contribution in [2.45, 2.75) is 12.5 Å². The first-order valence-corrected chi connectivity index (χ1v) is 6.95. The van der Waals surface area contributed by atoms with Crippen LogP contribution in [0.5, 0.6) is 0 Å². The maximum absolute atomic E-state index is 6.17. The molecule has 94 valence electrons. The summed E-state index contributed by atoms with van der Waals surface area (Å²) in [4.78, 5) is 6.30. The van der Waals surface area contributed by atoms with Gasteiger partial charge in [-0.25, -0.2) is 0 Å². The number of nitrogens with zero attached hydrogens (tertiary/aromatic N) is 4. The minimum absolute atomic E-state index is 0.403. The Kier molecular flexibility index (Phi) is 3.26. The Morgan fingerprint density at radius 3 is 3.00 bits per heavy atom. The summed E-state index contributed by atoms with van der Waals surface area (Å²) in [7, 11) is 0. The van der Waals surface area contributed by atoms with Crippen LogP contribution in [-0.2, 0) is 0 Å². The third kappa shape index (κ3) is 2.24. The molecule has 0 N–H and O–H groups in total. The van der Waals surface area contributed by atoms with Crippen LogP contribution in [0.25, 0.3) is 0 Å². The van der Waals surface area contributed by atoms with Crippen LogP contribution in [0.15, 0.2) is 35.3 Å². The molecule has 6 heteroatoms. The van der Waals surface area contributed by atoms with Gasteiger partial charge in [0.25, 0.3) is 0 Å². The van der Waals surface area contributed by atoms with Crippen LogP contribution in [-0.4, -0.2) is 27.9 Å². The summed E-state index contributed by atoms with van der Waals surface area (Å²) in [5.74, 6) is 0. The van der Waals surface area contributed by atoms with Gasteiger partial charge in [-0.05, 0) is 28.4 Å². The molecular formula is C12H12BrClN4. The van der Waals surface area contributed by atoms with Crippen LogP contribution in [0.4, 0.5) is 5.69 Å². The van der Waals surface area contributed by atoms with Gasteiger partial charge in [-0.15, -0.1) is 0 Å². The number of hydrogen-bond acceptors (Lipinski definition) is 3. The van der Waals surface area contributed by atoms with Crippen molar-refractivity contribution in [1.29, 1.82) is 0 Å². The predicted octanol–water partition coefficient (Wildman–Crippen LogP) is 3.15. The Hall–Kier alpha value is -1.07. The number of aromatic nitrogens is 3. The second-order valence-corrected chi connectivity index (χ2v) is 5.68. The molecule has 0 amide bonds. The van der Waals surface area contributed by atoms with Gasteiger partial charge in [0.05, 0.1) is 27.4 Å². The maximum atomic E-state index is 6.17. The Bertz CT molecular complexity index is 557. The molecule has 0 bridgehead atoms. The molecule has 3 heterocycles. The molecule has 1 aliphatic heterocycles. The molecule has 1 saturated heterocycles. The lowest BCUT2D eigenvalue weighted by atomic mass is 10.3. The number of pyridine rings is 1. The molecule has 4 nitrogen and oxygen atoms in total. The fraction of sp³-hybridized carbons (Fsp3) is 0.333. The molecule has 18 heavy (non-hydrogen) atoms. The van der Waals surface area contributed by atoms with Crippen molar-refractivity contribution in [2.24, 2.45) is 0 Å². The zero-order valence-electron chi connectivity index (χ0n) is 9.63. The molecule has 1 atom stereocenters. The lowest BCUT2D eigenvalue weighted by molar-refractivity contribution is 0.494. The molecule has 0 saturated carbocycles. The van der Waals surface area contributed by atoms with Crippen LogP contribution in [0.3, 0.4) is 0 Å². The highest BCUT2D eigenvalue weighted by molar-refractivity contribution is 9.10. The van der Waals surface area contributed by atoms with Crippen molar-refractivity contribution in [3.05, 3.63) is 40.3 Å². The third-order valence-corrected chi connectivity index (χ3v) is 3.90. The van der Waals surface area contributed by atoms with Crippen molar-refractivity contribution < 1.29 is 0 Å². The van der Waals surface area contributed by atoms with Gasteiger partial charge in [-0.1, -0.05) is 11.6 Å². The van der Waals surface area contributed by atoms with Crippen molar-refractivity contribution >= 4 is 33.2 Å². The van der Waals surface area contributed by atoms with Gasteiger partial charge in [0.15, 0.2) is 0 Å². The Balaban J connectivity index is 1.78. The molecule has 3 rings (SSSR count). The van der Waals surface area contributed by atoms with Crippen LogP contribution in [0.1, 0.15) is 12.5 Å². The lowest BCUT2D eigenvalue weighted by Crippen LogP contribution is -2.21. The first-order valence-electron chi connectivity index (χ1n) is 5.78. The molecule has 2 aromatic heterocycles. The monoisotopic (exact) mass is 326 g/mol. The zero-order valence-corrected chi connectivity index (χ0v) is 12.0. The van der Waals surface area contributed by atoms with E-state index in [1.54, 1.807) is 12.4 Å². The normalized spacial score (nSPS) is 19.4. The van der Waals surface area contributed by atoms with Gasteiger partial charge in [0.1, 0.15) is 0 Å². The highest BCUT2D eigenvalue weighted by Crippen LogP contribution is 2.31. The average molecular weight is 328 g/mol. The van der Waals surface area contributed by atoms with Crippen LogP contribution >= 0.6 is 27.5 Å². The van der Waals surface area contributed by atoms with Crippen molar-refractivity contribution in [3.63, 3.8) is 0 Å². The van der Waals surface area contributed by atoms with Crippen molar-refractivity contribution in [3.8, 4) is 0 Å². The van der Waals surface area contributed by atoms with Gasteiger partial charge in [-0.3, -0.25) is 9.67 Å². The van der Waals surface area contributed by atoms with Gasteiger partial charge in [0.2, 0.25) is 0 Å². The van der Waals surface area contributed by atoms with E-state index in [4.69, 9.17) is 11.6 Å². The molecule has 1 fully saturated rings. The van der Waals surface area contributed by atoms with Crippen LogP contribution in [0.2, 0.25) is 5.02 Å².